The van der Waals surface area contributed by atoms with E-state index in [0.29, 0.717) is 25.4 Å². The van der Waals surface area contributed by atoms with E-state index < -0.39 is 10.0 Å². The summed E-state index contributed by atoms with van der Waals surface area (Å²) in [4.78, 5) is 13.3. The summed E-state index contributed by atoms with van der Waals surface area (Å²) >= 11 is 0. The third kappa shape index (κ3) is 3.92. The smallest absolute Gasteiger partial charge is 0.240 e. The van der Waals surface area contributed by atoms with Crippen LogP contribution in [0.15, 0.2) is 47.4 Å². The van der Waals surface area contributed by atoms with Crippen molar-refractivity contribution in [3.63, 3.8) is 0 Å². The summed E-state index contributed by atoms with van der Waals surface area (Å²) in [6.45, 7) is 2.59. The Kier molecular flexibility index (Phi) is 5.08. The predicted molar refractivity (Wildman–Crippen MR) is 95.1 cm³/mol. The summed E-state index contributed by atoms with van der Waals surface area (Å²) < 4.78 is 42.9. The lowest BCUT2D eigenvalue weighted by atomic mass is 10.1. The van der Waals surface area contributed by atoms with Gasteiger partial charge in [0.25, 0.3) is 0 Å². The summed E-state index contributed by atoms with van der Waals surface area (Å²) in [6.07, 6.45) is -0.329. The Balaban J connectivity index is 1.95. The number of hydrogen-bond acceptors (Lipinski definition) is 5. The molecule has 0 saturated carbocycles. The van der Waals surface area contributed by atoms with Crippen molar-refractivity contribution < 1.29 is 22.3 Å². The lowest BCUT2D eigenvalue weighted by molar-refractivity contribution is 0.0396. The normalized spacial score (nSPS) is 18.0. The number of nitrogens with zero attached hydrogens (tertiary/aromatic N) is 1. The lowest BCUT2D eigenvalue weighted by Gasteiger charge is -2.35. The van der Waals surface area contributed by atoms with Gasteiger partial charge in [0.05, 0.1) is 12.3 Å². The van der Waals surface area contributed by atoms with Crippen LogP contribution in [0.2, 0.25) is 0 Å². The van der Waals surface area contributed by atoms with Crippen LogP contribution in [0.1, 0.15) is 28.9 Å². The van der Waals surface area contributed by atoms with E-state index in [4.69, 9.17) is 9.88 Å². The second-order valence-corrected chi connectivity index (χ2v) is 7.67. The first-order valence-electron chi connectivity index (χ1n) is 8.05. The molecule has 0 aliphatic carbocycles. The van der Waals surface area contributed by atoms with E-state index in [1.54, 1.807) is 24.3 Å². The van der Waals surface area contributed by atoms with E-state index in [-0.39, 0.29) is 28.2 Å². The highest BCUT2D eigenvalue weighted by Crippen LogP contribution is 2.31. The summed E-state index contributed by atoms with van der Waals surface area (Å²) in [5.74, 6) is -0.578. The number of anilines is 1. The monoisotopic (exact) mass is 378 g/mol. The number of Topliss-reactive ketones (excluding diaryl/α,β-unsaturated/α-hetero) is 1. The second kappa shape index (κ2) is 7.14. The molecule has 0 unspecified atom stereocenters. The summed E-state index contributed by atoms with van der Waals surface area (Å²) in [7, 11) is -4.01. The zero-order chi connectivity index (χ0) is 18.9. The van der Waals surface area contributed by atoms with Gasteiger partial charge in [0.15, 0.2) is 5.78 Å². The molecule has 1 saturated heterocycles. The molecule has 1 aliphatic heterocycles. The molecule has 8 heteroatoms. The summed E-state index contributed by atoms with van der Waals surface area (Å²) in [6, 6.07) is 10.5. The third-order valence-electron chi connectivity index (χ3n) is 4.32. The average molecular weight is 378 g/mol. The number of carbonyl (C=O) groups is 1. The van der Waals surface area contributed by atoms with Gasteiger partial charge in [-0.3, -0.25) is 4.79 Å². The molecule has 1 atom stereocenters. The molecule has 0 bridgehead atoms. The summed E-state index contributed by atoms with van der Waals surface area (Å²) in [5, 5.41) is 5.36. The van der Waals surface area contributed by atoms with Crippen molar-refractivity contribution in [2.75, 3.05) is 24.6 Å². The SMILES string of the molecule is CC(=O)c1ccc(N2CCO[C@@H](c3ccc(F)cc3)C2)c(S(N)(=O)=O)c1. The van der Waals surface area contributed by atoms with Crippen LogP contribution in [0, 0.1) is 5.82 Å². The minimum Gasteiger partial charge on any atom is -0.370 e. The van der Waals surface area contributed by atoms with Gasteiger partial charge in [-0.25, -0.2) is 17.9 Å². The fourth-order valence-electron chi connectivity index (χ4n) is 2.97. The van der Waals surface area contributed by atoms with E-state index >= 15 is 0 Å². The maximum absolute atomic E-state index is 13.1. The van der Waals surface area contributed by atoms with Crippen LogP contribution in [0.5, 0.6) is 0 Å². The van der Waals surface area contributed by atoms with Crippen LogP contribution >= 0.6 is 0 Å². The Morgan fingerprint density at radius 2 is 1.92 bits per heavy atom. The van der Waals surface area contributed by atoms with E-state index in [2.05, 4.69) is 0 Å². The van der Waals surface area contributed by atoms with Gasteiger partial charge in [-0.1, -0.05) is 12.1 Å². The molecule has 2 aromatic carbocycles. The van der Waals surface area contributed by atoms with Gasteiger partial charge in [0.2, 0.25) is 10.0 Å². The fourth-order valence-corrected chi connectivity index (χ4v) is 3.75. The van der Waals surface area contributed by atoms with Crippen molar-refractivity contribution in [1.29, 1.82) is 0 Å². The van der Waals surface area contributed by atoms with Gasteiger partial charge < -0.3 is 9.64 Å². The molecular formula is C18H19FN2O4S. The highest BCUT2D eigenvalue weighted by atomic mass is 32.2. The Labute approximate surface area is 151 Å². The Hall–Kier alpha value is -2.29. The molecule has 1 fully saturated rings. The Morgan fingerprint density at radius 1 is 1.23 bits per heavy atom. The molecule has 0 spiro atoms. The number of hydrogen-bond donors (Lipinski definition) is 1. The summed E-state index contributed by atoms with van der Waals surface area (Å²) in [5.41, 5.74) is 1.50. The standard InChI is InChI=1S/C18H19FN2O4S/c1-12(22)14-4-7-16(18(10-14)26(20,23)24)21-8-9-25-17(11-21)13-2-5-15(19)6-3-13/h2-7,10,17H,8-9,11H2,1H3,(H2,20,23,24)/t17-/m1/s1. The van der Waals surface area contributed by atoms with E-state index in [0.717, 1.165) is 5.56 Å². The number of primary sulfonamides is 1. The Bertz CT molecular complexity index is 929. The van der Waals surface area contributed by atoms with E-state index in [1.165, 1.54) is 25.1 Å². The zero-order valence-electron chi connectivity index (χ0n) is 14.2. The number of carbonyl (C=O) groups excluding carboxylic acids is 1. The highest BCUT2D eigenvalue weighted by Gasteiger charge is 2.26. The topological polar surface area (TPSA) is 89.7 Å². The number of sulfonamides is 1. The molecule has 3 rings (SSSR count). The molecule has 138 valence electrons. The van der Waals surface area contributed by atoms with Crippen molar-refractivity contribution in [3.05, 3.63) is 59.4 Å². The Morgan fingerprint density at radius 3 is 2.54 bits per heavy atom. The maximum atomic E-state index is 13.1. The number of benzene rings is 2. The van der Waals surface area contributed by atoms with E-state index in [1.807, 2.05) is 4.90 Å². The zero-order valence-corrected chi connectivity index (χ0v) is 15.0. The molecule has 2 N–H and O–H groups in total. The van der Waals surface area contributed by atoms with Gasteiger partial charge in [0, 0.05) is 18.7 Å². The minimum atomic E-state index is -4.01. The van der Waals surface area contributed by atoms with Crippen LogP contribution in [-0.2, 0) is 14.8 Å². The number of morpholine rings is 1. The molecule has 0 aromatic heterocycles. The fraction of sp³-hybridized carbons (Fsp3) is 0.278. The predicted octanol–water partition coefficient (Wildman–Crippen LogP) is 2.25. The van der Waals surface area contributed by atoms with Gasteiger partial charge in [-0.15, -0.1) is 0 Å². The van der Waals surface area contributed by atoms with Crippen molar-refractivity contribution >= 4 is 21.5 Å². The molecule has 2 aromatic rings. The van der Waals surface area contributed by atoms with Crippen molar-refractivity contribution in [2.24, 2.45) is 5.14 Å². The second-order valence-electron chi connectivity index (χ2n) is 6.14. The van der Waals surface area contributed by atoms with Crippen LogP contribution in [0.25, 0.3) is 0 Å². The largest absolute Gasteiger partial charge is 0.370 e. The highest BCUT2D eigenvalue weighted by molar-refractivity contribution is 7.89. The lowest BCUT2D eigenvalue weighted by Crippen LogP contribution is -2.39. The van der Waals surface area contributed by atoms with Crippen LogP contribution < -0.4 is 10.0 Å². The molecule has 1 heterocycles. The molecule has 0 radical (unpaired) electrons. The van der Waals surface area contributed by atoms with Gasteiger partial charge in [-0.05, 0) is 42.8 Å². The van der Waals surface area contributed by atoms with Crippen molar-refractivity contribution in [2.45, 2.75) is 17.9 Å². The van der Waals surface area contributed by atoms with Gasteiger partial charge in [-0.2, -0.15) is 0 Å². The van der Waals surface area contributed by atoms with Crippen LogP contribution in [-0.4, -0.2) is 33.9 Å². The number of rotatable bonds is 4. The number of ketones is 1. The first-order valence-corrected chi connectivity index (χ1v) is 9.60. The van der Waals surface area contributed by atoms with Crippen molar-refractivity contribution in [3.8, 4) is 0 Å². The molecular weight excluding hydrogens is 359 g/mol. The quantitative estimate of drug-likeness (QED) is 0.824. The molecule has 1 aliphatic rings. The number of nitrogens with two attached hydrogens (primary N) is 1. The van der Waals surface area contributed by atoms with Gasteiger partial charge >= 0.3 is 0 Å². The van der Waals surface area contributed by atoms with Crippen LogP contribution in [0.3, 0.4) is 0 Å². The first kappa shape index (κ1) is 18.5. The number of ether oxygens (including phenoxy) is 1. The van der Waals surface area contributed by atoms with Crippen LogP contribution in [0.4, 0.5) is 10.1 Å². The minimum absolute atomic E-state index is 0.0926. The molecule has 6 nitrogen and oxygen atoms in total. The molecule has 26 heavy (non-hydrogen) atoms. The maximum Gasteiger partial charge on any atom is 0.240 e. The average Bonchev–Trinajstić information content (AvgIpc) is 2.61. The molecule has 0 amide bonds. The van der Waals surface area contributed by atoms with Crippen molar-refractivity contribution in [1.82, 2.24) is 0 Å². The first-order chi connectivity index (χ1) is 12.3. The number of halogens is 1. The van der Waals surface area contributed by atoms with E-state index in [9.17, 15) is 17.6 Å². The third-order valence-corrected chi connectivity index (χ3v) is 5.26. The van der Waals surface area contributed by atoms with Gasteiger partial charge in [0.1, 0.15) is 16.8 Å².